The lowest BCUT2D eigenvalue weighted by Crippen LogP contribution is -2.32. The molecule has 1 aromatic carbocycles. The Kier molecular flexibility index (Phi) is 5.30. The van der Waals surface area contributed by atoms with Crippen LogP contribution < -0.4 is 5.32 Å². The number of anilines is 1. The number of amides is 2. The molecule has 0 aliphatic heterocycles. The summed E-state index contributed by atoms with van der Waals surface area (Å²) in [5.74, 6) is -0.156. The monoisotopic (exact) mass is 260 g/mol. The third-order valence-corrected chi connectivity index (χ3v) is 2.58. The number of nitrogens with zero attached hydrogens (tertiary/aromatic N) is 1. The molecule has 0 aliphatic rings. The molecule has 19 heavy (non-hydrogen) atoms. The van der Waals surface area contributed by atoms with Crippen LogP contribution in [0.15, 0.2) is 36.4 Å². The number of carbonyl (C=O) groups is 2. The van der Waals surface area contributed by atoms with Gasteiger partial charge in [0.05, 0.1) is 0 Å². The van der Waals surface area contributed by atoms with Crippen LogP contribution in [0.5, 0.6) is 0 Å². The maximum atomic E-state index is 12.2. The van der Waals surface area contributed by atoms with Crippen LogP contribution in [0, 0.1) is 0 Å². The van der Waals surface area contributed by atoms with Crippen molar-refractivity contribution in [1.29, 1.82) is 0 Å². The Bertz CT molecular complexity index is 477. The SMILES string of the molecule is C=C(C)CN(CC)C(=O)c1ccc(NC(C)=O)cc1. The van der Waals surface area contributed by atoms with E-state index in [9.17, 15) is 9.59 Å². The lowest BCUT2D eigenvalue weighted by molar-refractivity contribution is -0.114. The van der Waals surface area contributed by atoms with E-state index in [2.05, 4.69) is 11.9 Å². The molecule has 4 nitrogen and oxygen atoms in total. The van der Waals surface area contributed by atoms with Crippen molar-refractivity contribution in [1.82, 2.24) is 4.90 Å². The maximum absolute atomic E-state index is 12.2. The summed E-state index contributed by atoms with van der Waals surface area (Å²) in [6.45, 7) is 10.3. The topological polar surface area (TPSA) is 49.4 Å². The average molecular weight is 260 g/mol. The van der Waals surface area contributed by atoms with Crippen molar-refractivity contribution in [3.05, 3.63) is 42.0 Å². The van der Waals surface area contributed by atoms with Crippen LogP contribution in [0.25, 0.3) is 0 Å². The van der Waals surface area contributed by atoms with Gasteiger partial charge in [-0.25, -0.2) is 0 Å². The van der Waals surface area contributed by atoms with Gasteiger partial charge in [-0.3, -0.25) is 9.59 Å². The molecule has 1 rings (SSSR count). The molecular weight excluding hydrogens is 240 g/mol. The van der Waals surface area contributed by atoms with Crippen molar-refractivity contribution in [2.45, 2.75) is 20.8 Å². The molecule has 0 saturated carbocycles. The van der Waals surface area contributed by atoms with Gasteiger partial charge in [0.25, 0.3) is 5.91 Å². The van der Waals surface area contributed by atoms with E-state index in [1.54, 1.807) is 29.2 Å². The zero-order valence-corrected chi connectivity index (χ0v) is 11.7. The summed E-state index contributed by atoms with van der Waals surface area (Å²) >= 11 is 0. The zero-order valence-electron chi connectivity index (χ0n) is 11.7. The zero-order chi connectivity index (χ0) is 14.4. The predicted molar refractivity (Wildman–Crippen MR) is 77.1 cm³/mol. The fourth-order valence-electron chi connectivity index (χ4n) is 1.74. The van der Waals surface area contributed by atoms with Gasteiger partial charge in [0, 0.05) is 31.3 Å². The molecule has 1 N–H and O–H groups in total. The van der Waals surface area contributed by atoms with Gasteiger partial charge in [-0.15, -0.1) is 0 Å². The van der Waals surface area contributed by atoms with Crippen molar-refractivity contribution in [3.8, 4) is 0 Å². The fraction of sp³-hybridized carbons (Fsp3) is 0.333. The molecule has 0 atom stereocenters. The molecule has 1 aromatic rings. The molecule has 0 heterocycles. The van der Waals surface area contributed by atoms with Gasteiger partial charge in [0.15, 0.2) is 0 Å². The second-order valence-electron chi connectivity index (χ2n) is 4.53. The van der Waals surface area contributed by atoms with Crippen molar-refractivity contribution < 1.29 is 9.59 Å². The van der Waals surface area contributed by atoms with Gasteiger partial charge in [-0.2, -0.15) is 0 Å². The van der Waals surface area contributed by atoms with Crippen molar-refractivity contribution in [2.24, 2.45) is 0 Å². The molecule has 102 valence electrons. The van der Waals surface area contributed by atoms with E-state index in [4.69, 9.17) is 0 Å². The van der Waals surface area contributed by atoms with Gasteiger partial charge in [-0.05, 0) is 38.1 Å². The quantitative estimate of drug-likeness (QED) is 0.827. The molecule has 0 bridgehead atoms. The van der Waals surface area contributed by atoms with E-state index in [0.29, 0.717) is 24.3 Å². The first kappa shape index (κ1) is 15.0. The summed E-state index contributed by atoms with van der Waals surface area (Å²) in [6, 6.07) is 6.88. The second kappa shape index (κ2) is 6.73. The number of benzene rings is 1. The minimum absolute atomic E-state index is 0.0279. The normalized spacial score (nSPS) is 9.84. The average Bonchev–Trinajstić information content (AvgIpc) is 2.35. The fourth-order valence-corrected chi connectivity index (χ4v) is 1.74. The van der Waals surface area contributed by atoms with E-state index >= 15 is 0 Å². The van der Waals surface area contributed by atoms with E-state index in [1.165, 1.54) is 6.92 Å². The Hall–Kier alpha value is -2.10. The first-order valence-corrected chi connectivity index (χ1v) is 6.25. The summed E-state index contributed by atoms with van der Waals surface area (Å²) in [6.07, 6.45) is 0. The first-order valence-electron chi connectivity index (χ1n) is 6.25. The largest absolute Gasteiger partial charge is 0.335 e. The van der Waals surface area contributed by atoms with E-state index in [1.807, 2.05) is 13.8 Å². The molecular formula is C15H20N2O2. The summed E-state index contributed by atoms with van der Waals surface area (Å²) in [4.78, 5) is 24.9. The third-order valence-electron chi connectivity index (χ3n) is 2.58. The van der Waals surface area contributed by atoms with E-state index in [0.717, 1.165) is 5.57 Å². The minimum atomic E-state index is -0.128. The minimum Gasteiger partial charge on any atom is -0.335 e. The number of nitrogens with one attached hydrogen (secondary N) is 1. The molecule has 0 radical (unpaired) electrons. The highest BCUT2D eigenvalue weighted by Crippen LogP contribution is 2.12. The Morgan fingerprint density at radius 2 is 1.79 bits per heavy atom. The highest BCUT2D eigenvalue weighted by atomic mass is 16.2. The molecule has 0 unspecified atom stereocenters. The van der Waals surface area contributed by atoms with Crippen LogP contribution in [0.2, 0.25) is 0 Å². The Morgan fingerprint density at radius 1 is 1.21 bits per heavy atom. The van der Waals surface area contributed by atoms with Crippen LogP contribution in [-0.4, -0.2) is 29.8 Å². The molecule has 4 heteroatoms. The van der Waals surface area contributed by atoms with Gasteiger partial charge in [0.1, 0.15) is 0 Å². The lowest BCUT2D eigenvalue weighted by Gasteiger charge is -2.21. The Morgan fingerprint density at radius 3 is 2.21 bits per heavy atom. The number of hydrogen-bond donors (Lipinski definition) is 1. The van der Waals surface area contributed by atoms with E-state index in [-0.39, 0.29) is 11.8 Å². The van der Waals surface area contributed by atoms with Crippen molar-refractivity contribution >= 4 is 17.5 Å². The van der Waals surface area contributed by atoms with Crippen molar-refractivity contribution in [3.63, 3.8) is 0 Å². The van der Waals surface area contributed by atoms with Crippen LogP contribution >= 0.6 is 0 Å². The van der Waals surface area contributed by atoms with Gasteiger partial charge in [0.2, 0.25) is 5.91 Å². The summed E-state index contributed by atoms with van der Waals surface area (Å²) < 4.78 is 0. The standard InChI is InChI=1S/C15H20N2O2/c1-5-17(10-11(2)3)15(19)13-6-8-14(9-7-13)16-12(4)18/h6-9H,2,5,10H2,1,3-4H3,(H,16,18). The van der Waals surface area contributed by atoms with Crippen LogP contribution in [0.3, 0.4) is 0 Å². The lowest BCUT2D eigenvalue weighted by atomic mass is 10.1. The summed E-state index contributed by atoms with van der Waals surface area (Å²) in [5.41, 5.74) is 2.24. The van der Waals surface area contributed by atoms with Gasteiger partial charge < -0.3 is 10.2 Å². The summed E-state index contributed by atoms with van der Waals surface area (Å²) in [7, 11) is 0. The Labute approximate surface area is 114 Å². The number of rotatable bonds is 5. The molecule has 0 aromatic heterocycles. The second-order valence-corrected chi connectivity index (χ2v) is 4.53. The third kappa shape index (κ3) is 4.58. The van der Waals surface area contributed by atoms with Gasteiger partial charge in [-0.1, -0.05) is 12.2 Å². The van der Waals surface area contributed by atoms with Crippen molar-refractivity contribution in [2.75, 3.05) is 18.4 Å². The number of carbonyl (C=O) groups excluding carboxylic acids is 2. The van der Waals surface area contributed by atoms with E-state index < -0.39 is 0 Å². The maximum Gasteiger partial charge on any atom is 0.254 e. The molecule has 0 spiro atoms. The number of hydrogen-bond acceptors (Lipinski definition) is 2. The van der Waals surface area contributed by atoms with Crippen LogP contribution in [-0.2, 0) is 4.79 Å². The highest BCUT2D eigenvalue weighted by molar-refractivity contribution is 5.95. The highest BCUT2D eigenvalue weighted by Gasteiger charge is 2.13. The molecule has 2 amide bonds. The first-order chi connectivity index (χ1) is 8.93. The molecule has 0 saturated heterocycles. The van der Waals surface area contributed by atoms with Gasteiger partial charge >= 0.3 is 0 Å². The number of likely N-dealkylation sites (N-methyl/N-ethyl adjacent to an activating group) is 1. The molecule has 0 aliphatic carbocycles. The predicted octanol–water partition coefficient (Wildman–Crippen LogP) is 2.68. The van der Waals surface area contributed by atoms with Crippen LogP contribution in [0.1, 0.15) is 31.1 Å². The summed E-state index contributed by atoms with van der Waals surface area (Å²) in [5, 5.41) is 2.67. The van der Waals surface area contributed by atoms with Crippen LogP contribution in [0.4, 0.5) is 5.69 Å². The molecule has 0 fully saturated rings. The smallest absolute Gasteiger partial charge is 0.254 e. The Balaban J connectivity index is 2.81.